The fourth-order valence-electron chi connectivity index (χ4n) is 1.28. The van der Waals surface area contributed by atoms with Gasteiger partial charge in [-0.3, -0.25) is 9.59 Å². The average molecular weight is 259 g/mol. The number of carbonyl (C=O) groups excluding carboxylic acids is 1. The molecule has 1 heterocycles. The third-order valence-corrected chi connectivity index (χ3v) is 2.54. The maximum Gasteiger partial charge on any atom is 0.325 e. The number of hydrogen-bond acceptors (Lipinski definition) is 4. The first-order valence-electron chi connectivity index (χ1n) is 5.23. The van der Waals surface area contributed by atoms with Gasteiger partial charge in [-0.15, -0.1) is 11.6 Å². The smallest absolute Gasteiger partial charge is 0.325 e. The van der Waals surface area contributed by atoms with E-state index in [1.807, 2.05) is 0 Å². The van der Waals surface area contributed by atoms with E-state index in [1.54, 1.807) is 22.9 Å². The molecule has 1 N–H and O–H groups in total. The number of alkyl halides is 1. The van der Waals surface area contributed by atoms with E-state index < -0.39 is 11.3 Å². The zero-order valence-corrected chi connectivity index (χ0v) is 10.3. The highest BCUT2D eigenvalue weighted by molar-refractivity contribution is 6.30. The zero-order chi connectivity index (χ0) is 12.7. The number of rotatable bonds is 6. The molecule has 0 aliphatic heterocycles. The highest BCUT2D eigenvalue weighted by atomic mass is 35.5. The minimum atomic E-state index is -0.701. The molecule has 0 spiro atoms. The summed E-state index contributed by atoms with van der Waals surface area (Å²) in [6, 6.07) is 4.98. The molecule has 0 saturated carbocycles. The van der Waals surface area contributed by atoms with Crippen molar-refractivity contribution < 1.29 is 9.53 Å². The molecule has 6 heteroatoms. The number of methoxy groups -OCH3 is 1. The van der Waals surface area contributed by atoms with Crippen molar-refractivity contribution >= 4 is 17.6 Å². The van der Waals surface area contributed by atoms with Crippen molar-refractivity contribution in [2.45, 2.75) is 11.9 Å². The van der Waals surface area contributed by atoms with Gasteiger partial charge in [0.25, 0.3) is 5.56 Å². The van der Waals surface area contributed by atoms with Gasteiger partial charge in [-0.1, -0.05) is 6.07 Å². The molecule has 0 aliphatic carbocycles. The van der Waals surface area contributed by atoms with Crippen molar-refractivity contribution in [2.75, 3.05) is 20.2 Å². The number of esters is 1. The van der Waals surface area contributed by atoms with E-state index in [-0.39, 0.29) is 5.56 Å². The van der Waals surface area contributed by atoms with Gasteiger partial charge < -0.3 is 14.6 Å². The predicted molar refractivity (Wildman–Crippen MR) is 65.2 cm³/mol. The molecule has 0 radical (unpaired) electrons. The highest BCUT2D eigenvalue weighted by Gasteiger charge is 2.14. The quantitative estimate of drug-likeness (QED) is 0.450. The lowest BCUT2D eigenvalue weighted by molar-refractivity contribution is -0.140. The number of hydrogen-bond donors (Lipinski definition) is 1. The summed E-state index contributed by atoms with van der Waals surface area (Å²) in [5.74, 6) is -0.462. The van der Waals surface area contributed by atoms with Crippen LogP contribution >= 0.6 is 11.6 Å². The summed E-state index contributed by atoms with van der Waals surface area (Å²) in [5, 5.41) is 2.28. The molecule has 1 atom stereocenters. The molecule has 0 saturated heterocycles. The molecule has 94 valence electrons. The Balaban J connectivity index is 2.27. The van der Waals surface area contributed by atoms with Crippen LogP contribution in [0, 0.1) is 0 Å². The summed E-state index contributed by atoms with van der Waals surface area (Å²) in [4.78, 5) is 22.3. The largest absolute Gasteiger partial charge is 0.468 e. The van der Waals surface area contributed by atoms with Gasteiger partial charge in [0.2, 0.25) is 0 Å². The molecule has 0 amide bonds. The van der Waals surface area contributed by atoms with Crippen LogP contribution in [0.15, 0.2) is 29.2 Å². The van der Waals surface area contributed by atoms with Gasteiger partial charge in [-0.05, 0) is 6.07 Å². The Morgan fingerprint density at radius 3 is 3.00 bits per heavy atom. The van der Waals surface area contributed by atoms with Crippen LogP contribution < -0.4 is 10.9 Å². The minimum Gasteiger partial charge on any atom is -0.468 e. The summed E-state index contributed by atoms with van der Waals surface area (Å²) in [6.45, 7) is 1.41. The number of nitrogens with zero attached hydrogens (tertiary/aromatic N) is 1. The van der Waals surface area contributed by atoms with E-state index in [1.165, 1.54) is 13.2 Å². The van der Waals surface area contributed by atoms with Crippen molar-refractivity contribution in [1.82, 2.24) is 9.88 Å². The molecule has 0 aliphatic rings. The fraction of sp³-hybridized carbons (Fsp3) is 0.455. The van der Waals surface area contributed by atoms with E-state index in [2.05, 4.69) is 10.1 Å². The van der Waals surface area contributed by atoms with Crippen LogP contribution in [0.4, 0.5) is 0 Å². The van der Waals surface area contributed by atoms with Crippen molar-refractivity contribution in [3.63, 3.8) is 0 Å². The van der Waals surface area contributed by atoms with E-state index in [9.17, 15) is 9.59 Å². The van der Waals surface area contributed by atoms with Crippen molar-refractivity contribution in [2.24, 2.45) is 0 Å². The summed E-state index contributed by atoms with van der Waals surface area (Å²) in [5.41, 5.74) is -0.0512. The number of pyridine rings is 1. The van der Waals surface area contributed by atoms with E-state index in [0.717, 1.165) is 0 Å². The first-order chi connectivity index (χ1) is 8.15. The SMILES string of the molecule is COC(=O)C(Cl)CNCCn1ccccc1=O. The first-order valence-corrected chi connectivity index (χ1v) is 5.67. The van der Waals surface area contributed by atoms with E-state index in [4.69, 9.17) is 11.6 Å². The lowest BCUT2D eigenvalue weighted by Crippen LogP contribution is -2.33. The van der Waals surface area contributed by atoms with Crippen LogP contribution in [0.3, 0.4) is 0 Å². The molecule has 0 aromatic carbocycles. The second-order valence-electron chi connectivity index (χ2n) is 3.43. The zero-order valence-electron chi connectivity index (χ0n) is 9.56. The van der Waals surface area contributed by atoms with Crippen LogP contribution in [0.2, 0.25) is 0 Å². The Hall–Kier alpha value is -1.33. The highest BCUT2D eigenvalue weighted by Crippen LogP contribution is 1.95. The predicted octanol–water partition coefficient (Wildman–Crippen LogP) is 0.218. The molecule has 0 fully saturated rings. The third kappa shape index (κ3) is 4.58. The molecule has 1 rings (SSSR count). The number of carbonyl (C=O) groups is 1. The molecule has 1 aromatic heterocycles. The number of nitrogens with one attached hydrogen (secondary N) is 1. The van der Waals surface area contributed by atoms with Crippen molar-refractivity contribution in [3.8, 4) is 0 Å². The topological polar surface area (TPSA) is 60.3 Å². The van der Waals surface area contributed by atoms with Crippen molar-refractivity contribution in [1.29, 1.82) is 0 Å². The summed E-state index contributed by atoms with van der Waals surface area (Å²) >= 11 is 5.74. The second kappa shape index (κ2) is 7.09. The van der Waals surface area contributed by atoms with Gasteiger partial charge in [0.15, 0.2) is 0 Å². The molecule has 1 aromatic rings. The lowest BCUT2D eigenvalue weighted by atomic mass is 10.4. The number of halogens is 1. The molecule has 5 nitrogen and oxygen atoms in total. The van der Waals surface area contributed by atoms with Gasteiger partial charge in [0, 0.05) is 31.9 Å². The average Bonchev–Trinajstić information content (AvgIpc) is 2.35. The summed E-state index contributed by atoms with van der Waals surface area (Å²) < 4.78 is 6.06. The third-order valence-electron chi connectivity index (χ3n) is 2.21. The van der Waals surface area contributed by atoms with Gasteiger partial charge in [-0.2, -0.15) is 0 Å². The molecule has 17 heavy (non-hydrogen) atoms. The maximum absolute atomic E-state index is 11.3. The van der Waals surface area contributed by atoms with Crippen LogP contribution in [0.1, 0.15) is 0 Å². The first kappa shape index (κ1) is 13.7. The Morgan fingerprint density at radius 2 is 2.35 bits per heavy atom. The summed E-state index contributed by atoms with van der Waals surface area (Å²) in [6.07, 6.45) is 1.71. The Bertz CT molecular complexity index is 419. The van der Waals surface area contributed by atoms with Crippen LogP contribution in [0.5, 0.6) is 0 Å². The van der Waals surface area contributed by atoms with Crippen molar-refractivity contribution in [3.05, 3.63) is 34.7 Å². The van der Waals surface area contributed by atoms with Gasteiger partial charge >= 0.3 is 5.97 Å². The standard InChI is InChI=1S/C11H15ClN2O3/c1-17-11(16)9(12)8-13-5-7-14-6-3-2-4-10(14)15/h2-4,6,9,13H,5,7-8H2,1H3. The molecule has 1 unspecified atom stereocenters. The molecular weight excluding hydrogens is 244 g/mol. The second-order valence-corrected chi connectivity index (χ2v) is 3.95. The number of aromatic nitrogens is 1. The van der Waals surface area contributed by atoms with Gasteiger partial charge in [-0.25, -0.2) is 0 Å². The van der Waals surface area contributed by atoms with E-state index >= 15 is 0 Å². The monoisotopic (exact) mass is 258 g/mol. The number of ether oxygens (including phenoxy) is 1. The van der Waals surface area contributed by atoms with Crippen LogP contribution in [-0.2, 0) is 16.1 Å². The normalized spacial score (nSPS) is 12.1. The van der Waals surface area contributed by atoms with E-state index in [0.29, 0.717) is 19.6 Å². The lowest BCUT2D eigenvalue weighted by Gasteiger charge is -2.09. The Kier molecular flexibility index (Phi) is 5.72. The van der Waals surface area contributed by atoms with Crippen LogP contribution in [-0.4, -0.2) is 36.1 Å². The summed E-state index contributed by atoms with van der Waals surface area (Å²) in [7, 11) is 1.29. The minimum absolute atomic E-state index is 0.0512. The maximum atomic E-state index is 11.3. The van der Waals surface area contributed by atoms with Gasteiger partial charge in [0.1, 0.15) is 5.38 Å². The van der Waals surface area contributed by atoms with Gasteiger partial charge in [0.05, 0.1) is 7.11 Å². The molecular formula is C11H15ClN2O3. The Morgan fingerprint density at radius 1 is 1.59 bits per heavy atom. The Labute approximate surface area is 104 Å². The molecule has 0 bridgehead atoms. The fourth-order valence-corrected chi connectivity index (χ4v) is 1.48. The van der Waals surface area contributed by atoms with Crippen LogP contribution in [0.25, 0.3) is 0 Å².